The lowest BCUT2D eigenvalue weighted by atomic mass is 9.86. The number of nitrogens with zero attached hydrogens (tertiary/aromatic N) is 1. The second-order valence-corrected chi connectivity index (χ2v) is 8.93. The van der Waals surface area contributed by atoms with Gasteiger partial charge in [-0.15, -0.1) is 0 Å². The normalized spacial score (nSPS) is 14.6. The highest BCUT2D eigenvalue weighted by molar-refractivity contribution is 6.10. The highest BCUT2D eigenvalue weighted by Gasteiger charge is 2.15. The van der Waals surface area contributed by atoms with Gasteiger partial charge in [-0.25, -0.2) is 0 Å². The molecule has 1 heterocycles. The molecule has 1 heteroatoms. The molecule has 0 aromatic heterocycles. The minimum atomic E-state index is 1.09. The summed E-state index contributed by atoms with van der Waals surface area (Å²) in [7, 11) is 0. The van der Waals surface area contributed by atoms with Gasteiger partial charge in [-0.2, -0.15) is 0 Å². The number of benzene rings is 3. The van der Waals surface area contributed by atoms with E-state index in [1.165, 1.54) is 83.9 Å². The van der Waals surface area contributed by atoms with Gasteiger partial charge in [-0.1, -0.05) is 93.6 Å². The van der Waals surface area contributed by atoms with Gasteiger partial charge >= 0.3 is 0 Å². The molecule has 4 rings (SSSR count). The third-order valence-corrected chi connectivity index (χ3v) is 6.67. The smallest absolute Gasteiger partial charge is 0.00158 e. The maximum atomic E-state index is 4.62. The van der Waals surface area contributed by atoms with Crippen molar-refractivity contribution in [3.8, 4) is 0 Å². The maximum Gasteiger partial charge on any atom is -0.00158 e. The fraction of sp³-hybridized carbons (Fsp3) is 0.375. The Hall–Kier alpha value is -2.64. The maximum absolute atomic E-state index is 4.62. The van der Waals surface area contributed by atoms with E-state index in [4.69, 9.17) is 0 Å². The topological polar surface area (TPSA) is 3.24 Å². The van der Waals surface area contributed by atoms with Gasteiger partial charge < -0.3 is 4.90 Å². The van der Waals surface area contributed by atoms with Crippen LogP contribution in [0.3, 0.4) is 0 Å². The summed E-state index contributed by atoms with van der Waals surface area (Å²) in [6, 6.07) is 21.8. The second-order valence-electron chi connectivity index (χ2n) is 8.93. The SMILES string of the molecule is C=C(/C(=C/CCCN1CCCCC1)c1c(C)cccc1C)c1cccc2ccccc12.CC. The molecule has 0 amide bonds. The van der Waals surface area contributed by atoms with Gasteiger partial charge in [0.15, 0.2) is 0 Å². The highest BCUT2D eigenvalue weighted by atomic mass is 15.1. The van der Waals surface area contributed by atoms with Crippen LogP contribution in [0.5, 0.6) is 0 Å². The van der Waals surface area contributed by atoms with E-state index in [1.807, 2.05) is 13.8 Å². The molecule has 0 saturated carbocycles. The van der Waals surface area contributed by atoms with Crippen LogP contribution in [0.25, 0.3) is 21.9 Å². The van der Waals surface area contributed by atoms with E-state index >= 15 is 0 Å². The Labute approximate surface area is 201 Å². The van der Waals surface area contributed by atoms with Crippen LogP contribution in [-0.4, -0.2) is 24.5 Å². The number of aryl methyl sites for hydroxylation is 2. The fourth-order valence-electron chi connectivity index (χ4n) is 4.99. The average molecular weight is 440 g/mol. The predicted octanol–water partition coefficient (Wildman–Crippen LogP) is 8.85. The molecule has 33 heavy (non-hydrogen) atoms. The van der Waals surface area contributed by atoms with Crippen molar-refractivity contribution in [1.29, 1.82) is 0 Å². The van der Waals surface area contributed by atoms with Crippen molar-refractivity contribution in [3.05, 3.63) is 95.6 Å². The van der Waals surface area contributed by atoms with Crippen LogP contribution in [0.4, 0.5) is 0 Å². The van der Waals surface area contributed by atoms with Crippen LogP contribution in [0, 0.1) is 13.8 Å². The molecule has 0 spiro atoms. The summed E-state index contributed by atoms with van der Waals surface area (Å²) in [5, 5.41) is 2.55. The Morgan fingerprint density at radius 1 is 0.848 bits per heavy atom. The van der Waals surface area contributed by atoms with E-state index in [-0.39, 0.29) is 0 Å². The molecule has 0 bridgehead atoms. The number of piperidine rings is 1. The first-order valence-electron chi connectivity index (χ1n) is 12.8. The summed E-state index contributed by atoms with van der Waals surface area (Å²) in [6.45, 7) is 16.8. The summed E-state index contributed by atoms with van der Waals surface area (Å²) < 4.78 is 0. The molecular formula is C32H41N. The minimum absolute atomic E-state index is 1.09. The third-order valence-electron chi connectivity index (χ3n) is 6.67. The van der Waals surface area contributed by atoms with E-state index in [2.05, 4.69) is 92.1 Å². The zero-order valence-corrected chi connectivity index (χ0v) is 21.2. The number of rotatable bonds is 7. The van der Waals surface area contributed by atoms with E-state index in [0.29, 0.717) is 0 Å². The zero-order valence-electron chi connectivity index (χ0n) is 21.2. The lowest BCUT2D eigenvalue weighted by Crippen LogP contribution is -2.30. The highest BCUT2D eigenvalue weighted by Crippen LogP contribution is 2.37. The fourth-order valence-corrected chi connectivity index (χ4v) is 4.99. The third kappa shape index (κ3) is 6.24. The quantitative estimate of drug-likeness (QED) is 0.262. The number of allylic oxidation sites excluding steroid dienone is 3. The molecule has 1 saturated heterocycles. The van der Waals surface area contributed by atoms with Crippen LogP contribution < -0.4 is 0 Å². The number of fused-ring (bicyclic) bond motifs is 1. The monoisotopic (exact) mass is 439 g/mol. The van der Waals surface area contributed by atoms with Gasteiger partial charge in [0.05, 0.1) is 0 Å². The average Bonchev–Trinajstić information content (AvgIpc) is 2.86. The molecule has 0 radical (unpaired) electrons. The van der Waals surface area contributed by atoms with E-state index in [9.17, 15) is 0 Å². The standard InChI is InChI=1S/C30H35N.C2H6/c1-23-13-11-14-24(2)30(23)28(17-7-10-22-31-20-8-4-9-21-31)25(3)27-19-12-16-26-15-5-6-18-29(26)27;1-2/h5-6,11-19H,3-4,7-10,20-22H2,1-2H3;1-2H3/b28-17-;. The van der Waals surface area contributed by atoms with Gasteiger partial charge in [-0.3, -0.25) is 0 Å². The molecule has 0 atom stereocenters. The summed E-state index contributed by atoms with van der Waals surface area (Å²) in [4.78, 5) is 2.63. The zero-order chi connectivity index (χ0) is 23.6. The lowest BCUT2D eigenvalue weighted by Gasteiger charge is -2.26. The Kier molecular flexibility index (Phi) is 9.51. The summed E-state index contributed by atoms with van der Waals surface area (Å²) >= 11 is 0. The lowest BCUT2D eigenvalue weighted by molar-refractivity contribution is 0.227. The van der Waals surface area contributed by atoms with Gasteiger partial charge in [0.1, 0.15) is 0 Å². The number of hydrogen-bond acceptors (Lipinski definition) is 1. The largest absolute Gasteiger partial charge is 0.303 e. The second kappa shape index (κ2) is 12.6. The first kappa shape index (κ1) is 25.0. The van der Waals surface area contributed by atoms with E-state index in [1.54, 1.807) is 0 Å². The van der Waals surface area contributed by atoms with Crippen LogP contribution in [0.15, 0.2) is 73.3 Å². The number of unbranched alkanes of at least 4 members (excludes halogenated alkanes) is 1. The van der Waals surface area contributed by atoms with Gasteiger partial charge in [-0.05, 0) is 103 Å². The Morgan fingerprint density at radius 3 is 2.21 bits per heavy atom. The van der Waals surface area contributed by atoms with Gasteiger partial charge in [0.25, 0.3) is 0 Å². The molecule has 1 fully saturated rings. The van der Waals surface area contributed by atoms with E-state index < -0.39 is 0 Å². The summed E-state index contributed by atoms with van der Waals surface area (Å²) in [5.74, 6) is 0. The molecule has 3 aromatic rings. The van der Waals surface area contributed by atoms with Gasteiger partial charge in [0.2, 0.25) is 0 Å². The van der Waals surface area contributed by atoms with Crippen LogP contribution in [0.1, 0.15) is 68.2 Å². The Balaban J connectivity index is 0.00000149. The summed E-state index contributed by atoms with van der Waals surface area (Å²) in [5.41, 5.74) is 7.66. The number of hydrogen-bond donors (Lipinski definition) is 0. The Morgan fingerprint density at radius 2 is 1.48 bits per heavy atom. The first-order valence-corrected chi connectivity index (χ1v) is 12.8. The molecular weight excluding hydrogens is 398 g/mol. The molecule has 1 nitrogen and oxygen atoms in total. The van der Waals surface area contributed by atoms with Crippen molar-refractivity contribution in [2.45, 2.75) is 59.8 Å². The van der Waals surface area contributed by atoms with Crippen molar-refractivity contribution >= 4 is 21.9 Å². The molecule has 3 aromatic carbocycles. The van der Waals surface area contributed by atoms with Crippen LogP contribution in [-0.2, 0) is 0 Å². The molecule has 1 aliphatic rings. The molecule has 1 aliphatic heterocycles. The molecule has 0 unspecified atom stereocenters. The predicted molar refractivity (Wildman–Crippen MR) is 148 cm³/mol. The molecule has 0 aliphatic carbocycles. The Bertz CT molecular complexity index is 1060. The minimum Gasteiger partial charge on any atom is -0.303 e. The van der Waals surface area contributed by atoms with Crippen molar-refractivity contribution in [3.63, 3.8) is 0 Å². The molecule has 174 valence electrons. The van der Waals surface area contributed by atoms with E-state index in [0.717, 1.165) is 12.0 Å². The van der Waals surface area contributed by atoms with Crippen LogP contribution in [0.2, 0.25) is 0 Å². The van der Waals surface area contributed by atoms with Crippen molar-refractivity contribution < 1.29 is 0 Å². The summed E-state index contributed by atoms with van der Waals surface area (Å²) in [6.07, 6.45) is 8.87. The molecule has 0 N–H and O–H groups in total. The van der Waals surface area contributed by atoms with Crippen molar-refractivity contribution in [2.75, 3.05) is 19.6 Å². The first-order chi connectivity index (χ1) is 16.1. The van der Waals surface area contributed by atoms with Gasteiger partial charge in [0, 0.05) is 0 Å². The number of likely N-dealkylation sites (tertiary alicyclic amines) is 1. The van der Waals surface area contributed by atoms with Crippen molar-refractivity contribution in [2.24, 2.45) is 0 Å². The van der Waals surface area contributed by atoms with Crippen LogP contribution >= 0.6 is 0 Å². The van der Waals surface area contributed by atoms with Crippen molar-refractivity contribution in [1.82, 2.24) is 4.90 Å².